The number of aromatic amines is 1. The summed E-state index contributed by atoms with van der Waals surface area (Å²) in [5, 5.41) is 0. The van der Waals surface area contributed by atoms with E-state index in [1.807, 2.05) is 12.4 Å². The summed E-state index contributed by atoms with van der Waals surface area (Å²) in [5.41, 5.74) is 2.72. The van der Waals surface area contributed by atoms with Crippen LogP contribution in [0.4, 0.5) is 5.69 Å². The second-order valence-electron chi connectivity index (χ2n) is 7.36. The summed E-state index contributed by atoms with van der Waals surface area (Å²) in [7, 11) is 0. The molecule has 4 heteroatoms. The number of imidazole rings is 1. The minimum atomic E-state index is 0.587. The largest absolute Gasteiger partial charge is 0.371 e. The molecule has 0 aliphatic carbocycles. The lowest BCUT2D eigenvalue weighted by Gasteiger charge is -2.42. The zero-order chi connectivity index (χ0) is 16.4. The van der Waals surface area contributed by atoms with Gasteiger partial charge in [0.25, 0.3) is 0 Å². The lowest BCUT2D eigenvalue weighted by atomic mass is 9.93. The normalized spacial score (nSPS) is 23.5. The molecule has 1 unspecified atom stereocenters. The van der Waals surface area contributed by atoms with Crippen molar-refractivity contribution in [3.8, 4) is 0 Å². The van der Waals surface area contributed by atoms with Crippen LogP contribution in [0.2, 0.25) is 0 Å². The van der Waals surface area contributed by atoms with Gasteiger partial charge in [0.1, 0.15) is 5.82 Å². The SMILES string of the molecule is Cc1ccc(N2CCC(N3CCCC(c4ncc[nH]4)C3)CC2)cc1. The van der Waals surface area contributed by atoms with Crippen LogP contribution in [-0.2, 0) is 0 Å². The number of benzene rings is 1. The van der Waals surface area contributed by atoms with Crippen molar-refractivity contribution in [1.29, 1.82) is 0 Å². The number of hydrogen-bond acceptors (Lipinski definition) is 3. The molecule has 1 aromatic carbocycles. The number of H-pyrrole nitrogens is 1. The summed E-state index contributed by atoms with van der Waals surface area (Å²) in [6.07, 6.45) is 8.95. The van der Waals surface area contributed by atoms with E-state index in [-0.39, 0.29) is 0 Å². The highest BCUT2D eigenvalue weighted by Gasteiger charge is 2.30. The van der Waals surface area contributed by atoms with E-state index in [1.54, 1.807) is 0 Å². The molecule has 1 N–H and O–H groups in total. The van der Waals surface area contributed by atoms with Gasteiger partial charge in [-0.2, -0.15) is 0 Å². The maximum Gasteiger partial charge on any atom is 0.110 e. The van der Waals surface area contributed by atoms with Crippen molar-refractivity contribution < 1.29 is 0 Å². The summed E-state index contributed by atoms with van der Waals surface area (Å²) in [6.45, 7) is 6.93. The molecule has 4 rings (SSSR count). The number of piperidine rings is 2. The molecule has 128 valence electrons. The Morgan fingerprint density at radius 3 is 2.54 bits per heavy atom. The van der Waals surface area contributed by atoms with E-state index in [1.165, 1.54) is 68.9 Å². The van der Waals surface area contributed by atoms with E-state index in [2.05, 4.69) is 51.0 Å². The Labute approximate surface area is 144 Å². The van der Waals surface area contributed by atoms with Crippen LogP contribution in [0.3, 0.4) is 0 Å². The molecular formula is C20H28N4. The van der Waals surface area contributed by atoms with Gasteiger partial charge in [0, 0.05) is 49.7 Å². The second kappa shape index (κ2) is 6.98. The number of nitrogens with one attached hydrogen (secondary N) is 1. The van der Waals surface area contributed by atoms with Gasteiger partial charge in [0.15, 0.2) is 0 Å². The van der Waals surface area contributed by atoms with Crippen molar-refractivity contribution >= 4 is 5.69 Å². The maximum atomic E-state index is 4.49. The van der Waals surface area contributed by atoms with E-state index >= 15 is 0 Å². The van der Waals surface area contributed by atoms with Crippen molar-refractivity contribution in [1.82, 2.24) is 14.9 Å². The molecule has 2 saturated heterocycles. The number of likely N-dealkylation sites (tertiary alicyclic amines) is 1. The van der Waals surface area contributed by atoms with Crippen LogP contribution in [0, 0.1) is 6.92 Å². The number of rotatable bonds is 3. The molecule has 2 aliphatic rings. The Hall–Kier alpha value is -1.81. The van der Waals surface area contributed by atoms with E-state index in [9.17, 15) is 0 Å². The van der Waals surface area contributed by atoms with Crippen molar-refractivity contribution in [3.05, 3.63) is 48.0 Å². The predicted molar refractivity (Wildman–Crippen MR) is 98.5 cm³/mol. The Balaban J connectivity index is 1.34. The van der Waals surface area contributed by atoms with Gasteiger partial charge in [-0.15, -0.1) is 0 Å². The minimum absolute atomic E-state index is 0.587. The first-order valence-electron chi connectivity index (χ1n) is 9.34. The van der Waals surface area contributed by atoms with E-state index in [0.29, 0.717) is 5.92 Å². The third-order valence-corrected chi connectivity index (χ3v) is 5.74. The van der Waals surface area contributed by atoms with Gasteiger partial charge in [-0.3, -0.25) is 4.90 Å². The van der Waals surface area contributed by atoms with Crippen LogP contribution in [0.1, 0.15) is 43.0 Å². The molecule has 2 aromatic rings. The van der Waals surface area contributed by atoms with Gasteiger partial charge in [0.2, 0.25) is 0 Å². The standard InChI is InChI=1S/C20H28N4/c1-16-4-6-18(7-5-16)23-13-8-19(9-14-23)24-12-2-3-17(15-24)20-21-10-11-22-20/h4-7,10-11,17,19H,2-3,8-9,12-15H2,1H3,(H,21,22). The van der Waals surface area contributed by atoms with Crippen LogP contribution in [0.5, 0.6) is 0 Å². The Kier molecular flexibility index (Phi) is 4.56. The number of hydrogen-bond donors (Lipinski definition) is 1. The van der Waals surface area contributed by atoms with Crippen LogP contribution in [0.25, 0.3) is 0 Å². The highest BCUT2D eigenvalue weighted by molar-refractivity contribution is 5.47. The molecule has 1 atom stereocenters. The van der Waals surface area contributed by atoms with Crippen molar-refractivity contribution in [2.75, 3.05) is 31.1 Å². The smallest absolute Gasteiger partial charge is 0.110 e. The molecule has 3 heterocycles. The minimum Gasteiger partial charge on any atom is -0.371 e. The summed E-state index contributed by atoms with van der Waals surface area (Å²) < 4.78 is 0. The average molecular weight is 324 g/mol. The molecule has 24 heavy (non-hydrogen) atoms. The topological polar surface area (TPSA) is 35.2 Å². The average Bonchev–Trinajstić information content (AvgIpc) is 3.17. The maximum absolute atomic E-state index is 4.49. The summed E-state index contributed by atoms with van der Waals surface area (Å²) in [5.74, 6) is 1.76. The molecule has 0 radical (unpaired) electrons. The molecule has 2 aliphatic heterocycles. The van der Waals surface area contributed by atoms with E-state index < -0.39 is 0 Å². The molecule has 4 nitrogen and oxygen atoms in total. The Morgan fingerprint density at radius 2 is 1.83 bits per heavy atom. The van der Waals surface area contributed by atoms with Gasteiger partial charge in [-0.1, -0.05) is 17.7 Å². The van der Waals surface area contributed by atoms with Crippen molar-refractivity contribution in [2.24, 2.45) is 0 Å². The van der Waals surface area contributed by atoms with Gasteiger partial charge in [0.05, 0.1) is 0 Å². The molecule has 1 aromatic heterocycles. The monoisotopic (exact) mass is 324 g/mol. The fourth-order valence-electron chi connectivity index (χ4n) is 4.31. The zero-order valence-electron chi connectivity index (χ0n) is 14.6. The van der Waals surface area contributed by atoms with Gasteiger partial charge >= 0.3 is 0 Å². The zero-order valence-corrected chi connectivity index (χ0v) is 14.6. The third-order valence-electron chi connectivity index (χ3n) is 5.74. The Bertz CT molecular complexity index is 626. The van der Waals surface area contributed by atoms with Gasteiger partial charge < -0.3 is 9.88 Å². The fourth-order valence-corrected chi connectivity index (χ4v) is 4.31. The van der Waals surface area contributed by atoms with E-state index in [0.717, 1.165) is 6.04 Å². The summed E-state index contributed by atoms with van der Waals surface area (Å²) in [6, 6.07) is 9.72. The van der Waals surface area contributed by atoms with Crippen LogP contribution >= 0.6 is 0 Å². The third kappa shape index (κ3) is 3.34. The van der Waals surface area contributed by atoms with Crippen LogP contribution < -0.4 is 4.90 Å². The van der Waals surface area contributed by atoms with Crippen molar-refractivity contribution in [2.45, 2.75) is 44.6 Å². The predicted octanol–water partition coefficient (Wildman–Crippen LogP) is 3.57. The highest BCUT2D eigenvalue weighted by atomic mass is 15.2. The number of nitrogens with zero attached hydrogens (tertiary/aromatic N) is 3. The molecule has 0 bridgehead atoms. The highest BCUT2D eigenvalue weighted by Crippen LogP contribution is 2.29. The number of aryl methyl sites for hydroxylation is 1. The number of aromatic nitrogens is 2. The lowest BCUT2D eigenvalue weighted by Crippen LogP contribution is -2.48. The molecule has 2 fully saturated rings. The van der Waals surface area contributed by atoms with Crippen LogP contribution in [-0.4, -0.2) is 47.1 Å². The van der Waals surface area contributed by atoms with Crippen LogP contribution in [0.15, 0.2) is 36.7 Å². The second-order valence-corrected chi connectivity index (χ2v) is 7.36. The number of anilines is 1. The first kappa shape index (κ1) is 15.7. The molecule has 0 amide bonds. The fraction of sp³-hybridized carbons (Fsp3) is 0.550. The van der Waals surface area contributed by atoms with Gasteiger partial charge in [-0.25, -0.2) is 4.98 Å². The first-order valence-corrected chi connectivity index (χ1v) is 9.34. The summed E-state index contributed by atoms with van der Waals surface area (Å²) >= 11 is 0. The summed E-state index contributed by atoms with van der Waals surface area (Å²) in [4.78, 5) is 13.1. The lowest BCUT2D eigenvalue weighted by molar-refractivity contribution is 0.126. The van der Waals surface area contributed by atoms with E-state index in [4.69, 9.17) is 0 Å². The first-order chi connectivity index (χ1) is 11.8. The molecule has 0 saturated carbocycles. The Morgan fingerprint density at radius 1 is 1.04 bits per heavy atom. The molecular weight excluding hydrogens is 296 g/mol. The van der Waals surface area contributed by atoms with Gasteiger partial charge in [-0.05, 0) is 51.3 Å². The molecule has 0 spiro atoms. The quantitative estimate of drug-likeness (QED) is 0.937. The van der Waals surface area contributed by atoms with Crippen molar-refractivity contribution in [3.63, 3.8) is 0 Å².